The number of hydrogen-bond donors (Lipinski definition) is 1. The lowest BCUT2D eigenvalue weighted by molar-refractivity contribution is 0.0955. The third-order valence-corrected chi connectivity index (χ3v) is 3.40. The number of hydrogen-bond acceptors (Lipinski definition) is 4. The zero-order chi connectivity index (χ0) is 17.4. The van der Waals surface area contributed by atoms with Gasteiger partial charge >= 0.3 is 0 Å². The van der Waals surface area contributed by atoms with E-state index < -0.39 is 0 Å². The lowest BCUT2D eigenvalue weighted by Gasteiger charge is -2.13. The van der Waals surface area contributed by atoms with Gasteiger partial charge in [-0.3, -0.25) is 4.79 Å². The smallest absolute Gasteiger partial charge is 0.251 e. The highest BCUT2D eigenvalue weighted by molar-refractivity contribution is 5.94. The van der Waals surface area contributed by atoms with Gasteiger partial charge in [-0.25, -0.2) is 0 Å². The second-order valence-corrected chi connectivity index (χ2v) is 5.08. The van der Waals surface area contributed by atoms with Crippen LogP contribution in [0.3, 0.4) is 0 Å². The Morgan fingerprint density at radius 3 is 2.54 bits per heavy atom. The maximum absolute atomic E-state index is 12.0. The predicted octanol–water partition coefficient (Wildman–Crippen LogP) is 3.42. The van der Waals surface area contributed by atoms with Crippen LogP contribution in [0.2, 0.25) is 0 Å². The molecule has 5 nitrogen and oxygen atoms in total. The van der Waals surface area contributed by atoms with E-state index in [9.17, 15) is 4.79 Å². The highest BCUT2D eigenvalue weighted by atomic mass is 16.5. The minimum absolute atomic E-state index is 0.108. The number of methoxy groups -OCH3 is 1. The van der Waals surface area contributed by atoms with Crippen molar-refractivity contribution in [2.75, 3.05) is 20.3 Å². The second kappa shape index (κ2) is 8.82. The third-order valence-electron chi connectivity index (χ3n) is 3.40. The topological polar surface area (TPSA) is 56.8 Å². The van der Waals surface area contributed by atoms with Gasteiger partial charge in [-0.2, -0.15) is 0 Å². The van der Waals surface area contributed by atoms with Crippen molar-refractivity contribution in [2.24, 2.45) is 0 Å². The van der Waals surface area contributed by atoms with E-state index in [0.717, 1.165) is 11.3 Å². The average molecular weight is 329 g/mol. The van der Waals surface area contributed by atoms with Crippen LogP contribution < -0.4 is 19.5 Å². The molecule has 0 aliphatic heterocycles. The third kappa shape index (κ3) is 4.65. The largest absolute Gasteiger partial charge is 0.497 e. The van der Waals surface area contributed by atoms with Crippen molar-refractivity contribution in [3.8, 4) is 17.2 Å². The number of nitrogens with one attached hydrogen (secondary N) is 1. The maximum Gasteiger partial charge on any atom is 0.251 e. The molecule has 1 amide bonds. The summed E-state index contributed by atoms with van der Waals surface area (Å²) in [6, 6.07) is 12.8. The van der Waals surface area contributed by atoms with Gasteiger partial charge in [0.05, 0.1) is 13.7 Å². The van der Waals surface area contributed by atoms with Crippen LogP contribution in [0.4, 0.5) is 0 Å². The fourth-order valence-electron chi connectivity index (χ4n) is 2.24. The summed E-state index contributed by atoms with van der Waals surface area (Å²) in [5.74, 6) is 2.03. The molecule has 24 heavy (non-hydrogen) atoms. The summed E-state index contributed by atoms with van der Waals surface area (Å²) >= 11 is 0. The Balaban J connectivity index is 2.18. The van der Waals surface area contributed by atoms with Crippen LogP contribution in [-0.4, -0.2) is 26.2 Å². The van der Waals surface area contributed by atoms with Crippen LogP contribution in [0, 0.1) is 0 Å². The van der Waals surface area contributed by atoms with Crippen molar-refractivity contribution in [1.29, 1.82) is 0 Å². The summed E-state index contributed by atoms with van der Waals surface area (Å²) in [7, 11) is 1.61. The summed E-state index contributed by atoms with van der Waals surface area (Å²) in [5, 5.41) is 2.79. The van der Waals surface area contributed by atoms with Gasteiger partial charge in [0.25, 0.3) is 5.91 Å². The lowest BCUT2D eigenvalue weighted by atomic mass is 10.1. The summed E-state index contributed by atoms with van der Waals surface area (Å²) in [4.78, 5) is 12.0. The van der Waals surface area contributed by atoms with E-state index in [2.05, 4.69) is 5.32 Å². The lowest BCUT2D eigenvalue weighted by Crippen LogP contribution is -2.22. The van der Waals surface area contributed by atoms with Crippen molar-refractivity contribution in [3.63, 3.8) is 0 Å². The second-order valence-electron chi connectivity index (χ2n) is 5.08. The first-order valence-electron chi connectivity index (χ1n) is 7.98. The average Bonchev–Trinajstić information content (AvgIpc) is 2.61. The van der Waals surface area contributed by atoms with Gasteiger partial charge in [-0.05, 0) is 44.2 Å². The molecule has 0 heterocycles. The van der Waals surface area contributed by atoms with Gasteiger partial charge in [0.15, 0.2) is 0 Å². The minimum Gasteiger partial charge on any atom is -0.497 e. The van der Waals surface area contributed by atoms with E-state index in [1.165, 1.54) is 0 Å². The highest BCUT2D eigenvalue weighted by Gasteiger charge is 2.11. The van der Waals surface area contributed by atoms with Gasteiger partial charge in [0.1, 0.15) is 23.9 Å². The molecule has 0 spiro atoms. The van der Waals surface area contributed by atoms with Crippen molar-refractivity contribution < 1.29 is 19.0 Å². The maximum atomic E-state index is 12.0. The minimum atomic E-state index is -0.108. The number of amides is 1. The Bertz CT molecular complexity index is 685. The molecule has 0 aromatic heterocycles. The summed E-state index contributed by atoms with van der Waals surface area (Å²) in [6.45, 7) is 5.24. The zero-order valence-corrected chi connectivity index (χ0v) is 14.3. The van der Waals surface area contributed by atoms with Crippen LogP contribution >= 0.6 is 0 Å². The quantitative estimate of drug-likeness (QED) is 0.806. The molecule has 0 radical (unpaired) electrons. The Morgan fingerprint density at radius 2 is 1.83 bits per heavy atom. The van der Waals surface area contributed by atoms with Crippen LogP contribution in [0.25, 0.3) is 0 Å². The number of carbonyl (C=O) groups excluding carboxylic acids is 1. The van der Waals surface area contributed by atoms with Gasteiger partial charge in [-0.1, -0.05) is 6.07 Å². The summed E-state index contributed by atoms with van der Waals surface area (Å²) in [5.41, 5.74) is 1.41. The fourth-order valence-corrected chi connectivity index (χ4v) is 2.24. The van der Waals surface area contributed by atoms with Crippen molar-refractivity contribution in [1.82, 2.24) is 5.32 Å². The highest BCUT2D eigenvalue weighted by Crippen LogP contribution is 2.24. The molecule has 128 valence electrons. The molecule has 0 aliphatic carbocycles. The van der Waals surface area contributed by atoms with Crippen LogP contribution in [0.1, 0.15) is 29.8 Å². The van der Waals surface area contributed by atoms with E-state index in [-0.39, 0.29) is 5.91 Å². The molecule has 1 N–H and O–H groups in total. The van der Waals surface area contributed by atoms with Crippen molar-refractivity contribution in [2.45, 2.75) is 20.5 Å². The summed E-state index contributed by atoms with van der Waals surface area (Å²) < 4.78 is 16.6. The molecule has 5 heteroatoms. The first-order chi connectivity index (χ1) is 11.7. The molecule has 0 unspecified atom stereocenters. The van der Waals surface area contributed by atoms with E-state index in [1.807, 2.05) is 38.1 Å². The van der Waals surface area contributed by atoms with Crippen LogP contribution in [0.5, 0.6) is 17.2 Å². The number of carbonyl (C=O) groups is 1. The molecular formula is C19H23NO4. The van der Waals surface area contributed by atoms with E-state index in [4.69, 9.17) is 14.2 Å². The number of rotatable bonds is 8. The first-order valence-corrected chi connectivity index (χ1v) is 7.98. The molecule has 0 atom stereocenters. The SMILES string of the molecule is CCNC(=O)c1ccc(OCC)c(COc2cccc(OC)c2)c1. The molecule has 0 bridgehead atoms. The number of ether oxygens (including phenoxy) is 3. The Kier molecular flexibility index (Phi) is 6.49. The Labute approximate surface area is 142 Å². The van der Waals surface area contributed by atoms with Gasteiger partial charge in [-0.15, -0.1) is 0 Å². The molecule has 0 fully saturated rings. The molecule has 0 saturated carbocycles. The molecule has 2 aromatic rings. The normalized spacial score (nSPS) is 10.1. The van der Waals surface area contributed by atoms with E-state index in [0.29, 0.717) is 36.8 Å². The van der Waals surface area contributed by atoms with Gasteiger partial charge in [0.2, 0.25) is 0 Å². The molecular weight excluding hydrogens is 306 g/mol. The van der Waals surface area contributed by atoms with Crippen molar-refractivity contribution in [3.05, 3.63) is 53.6 Å². The van der Waals surface area contributed by atoms with E-state index >= 15 is 0 Å². The van der Waals surface area contributed by atoms with E-state index in [1.54, 1.807) is 25.3 Å². The van der Waals surface area contributed by atoms with Gasteiger partial charge < -0.3 is 19.5 Å². The Morgan fingerprint density at radius 1 is 1.04 bits per heavy atom. The molecule has 0 aliphatic rings. The molecule has 2 rings (SSSR count). The number of benzene rings is 2. The van der Waals surface area contributed by atoms with Crippen LogP contribution in [-0.2, 0) is 6.61 Å². The predicted molar refractivity (Wildman–Crippen MR) is 92.9 cm³/mol. The van der Waals surface area contributed by atoms with Crippen LogP contribution in [0.15, 0.2) is 42.5 Å². The summed E-state index contributed by atoms with van der Waals surface area (Å²) in [6.07, 6.45) is 0. The zero-order valence-electron chi connectivity index (χ0n) is 14.3. The van der Waals surface area contributed by atoms with Crippen molar-refractivity contribution >= 4 is 5.91 Å². The first kappa shape index (κ1) is 17.7. The fraction of sp³-hybridized carbons (Fsp3) is 0.316. The molecule has 2 aromatic carbocycles. The standard InChI is InChI=1S/C19H23NO4/c1-4-20-19(21)14-9-10-18(23-5-2)15(11-14)13-24-17-8-6-7-16(12-17)22-3/h6-12H,4-5,13H2,1-3H3,(H,20,21). The van der Waals surface area contributed by atoms with Gasteiger partial charge in [0, 0.05) is 23.7 Å². The Hall–Kier alpha value is -2.69. The molecule has 0 saturated heterocycles. The monoisotopic (exact) mass is 329 g/mol.